The van der Waals surface area contributed by atoms with Crippen molar-refractivity contribution in [1.29, 1.82) is 0 Å². The van der Waals surface area contributed by atoms with Gasteiger partial charge < -0.3 is 5.73 Å². The topological polar surface area (TPSA) is 26.0 Å². The highest BCUT2D eigenvalue weighted by Gasteiger charge is 2.34. The second kappa shape index (κ2) is 4.91. The highest BCUT2D eigenvalue weighted by Crippen LogP contribution is 2.39. The zero-order chi connectivity index (χ0) is 11.0. The van der Waals surface area contributed by atoms with Crippen LogP contribution in [-0.4, -0.2) is 6.04 Å². The molecule has 2 N–H and O–H groups in total. The average molecular weight is 246 g/mol. The predicted octanol–water partition coefficient (Wildman–Crippen LogP) is 3.59. The summed E-state index contributed by atoms with van der Waals surface area (Å²) in [5.74, 6) is 0.587. The second-order valence-electron chi connectivity index (χ2n) is 4.50. The smallest absolute Gasteiger partial charge is 0.0115 e. The highest BCUT2D eigenvalue weighted by atomic mass is 35.5. The Labute approximate surface area is 108 Å². The lowest BCUT2D eigenvalue weighted by Gasteiger charge is -2.04. The van der Waals surface area contributed by atoms with Crippen molar-refractivity contribution in [2.45, 2.75) is 18.4 Å². The molecule has 0 radical (unpaired) electrons. The molecule has 3 rings (SSSR count). The first-order valence-electron chi connectivity index (χ1n) is 5.75. The van der Waals surface area contributed by atoms with Gasteiger partial charge in [0.05, 0.1) is 0 Å². The maximum absolute atomic E-state index is 5.89. The van der Waals surface area contributed by atoms with Crippen LogP contribution in [0.4, 0.5) is 0 Å². The van der Waals surface area contributed by atoms with Crippen molar-refractivity contribution < 1.29 is 0 Å². The summed E-state index contributed by atoms with van der Waals surface area (Å²) in [6.45, 7) is 0. The first kappa shape index (κ1) is 12.2. The summed E-state index contributed by atoms with van der Waals surface area (Å²) in [4.78, 5) is 0. The Balaban J connectivity index is 0.00000108. The average Bonchev–Trinajstić information content (AvgIpc) is 3.08. The molecule has 1 aliphatic rings. The van der Waals surface area contributed by atoms with Crippen LogP contribution in [0.15, 0.2) is 54.6 Å². The molecule has 1 nitrogen and oxygen atoms in total. The van der Waals surface area contributed by atoms with E-state index in [2.05, 4.69) is 48.5 Å². The van der Waals surface area contributed by atoms with Crippen molar-refractivity contribution in [3.05, 3.63) is 60.2 Å². The molecule has 0 unspecified atom stereocenters. The molecule has 2 aromatic carbocycles. The number of benzene rings is 2. The Morgan fingerprint density at radius 2 is 1.53 bits per heavy atom. The SMILES string of the molecule is Cl.N[C@@H]1C[C@H]1c1cccc(-c2ccccc2)c1. The van der Waals surface area contributed by atoms with Crippen molar-refractivity contribution in [3.63, 3.8) is 0 Å². The third-order valence-corrected chi connectivity index (χ3v) is 3.26. The maximum Gasteiger partial charge on any atom is 0.0115 e. The molecule has 0 amide bonds. The number of hydrogen-bond donors (Lipinski definition) is 1. The van der Waals surface area contributed by atoms with Crippen molar-refractivity contribution in [3.8, 4) is 11.1 Å². The highest BCUT2D eigenvalue weighted by molar-refractivity contribution is 5.85. The van der Waals surface area contributed by atoms with Gasteiger partial charge in [-0.25, -0.2) is 0 Å². The van der Waals surface area contributed by atoms with Crippen LogP contribution in [0, 0.1) is 0 Å². The lowest BCUT2D eigenvalue weighted by molar-refractivity contribution is 0.991. The number of rotatable bonds is 2. The molecule has 1 saturated carbocycles. The van der Waals surface area contributed by atoms with Crippen LogP contribution in [0.3, 0.4) is 0 Å². The predicted molar refractivity (Wildman–Crippen MR) is 74.5 cm³/mol. The molecule has 1 aliphatic carbocycles. The van der Waals surface area contributed by atoms with E-state index in [1.165, 1.54) is 16.7 Å². The van der Waals surface area contributed by atoms with E-state index in [0.717, 1.165) is 6.42 Å². The summed E-state index contributed by atoms with van der Waals surface area (Å²) >= 11 is 0. The van der Waals surface area contributed by atoms with E-state index in [9.17, 15) is 0 Å². The first-order valence-corrected chi connectivity index (χ1v) is 5.75. The van der Waals surface area contributed by atoms with Crippen molar-refractivity contribution in [2.75, 3.05) is 0 Å². The van der Waals surface area contributed by atoms with Crippen LogP contribution in [0.5, 0.6) is 0 Å². The zero-order valence-corrected chi connectivity index (χ0v) is 10.4. The molecule has 0 aromatic heterocycles. The quantitative estimate of drug-likeness (QED) is 0.860. The molecule has 2 aromatic rings. The molecule has 17 heavy (non-hydrogen) atoms. The summed E-state index contributed by atoms with van der Waals surface area (Å²) in [6.07, 6.45) is 1.14. The van der Waals surface area contributed by atoms with Crippen LogP contribution in [0.25, 0.3) is 11.1 Å². The number of halogens is 1. The number of hydrogen-bond acceptors (Lipinski definition) is 1. The molecular formula is C15H16ClN. The minimum atomic E-state index is 0. The third kappa shape index (κ3) is 2.51. The molecule has 0 spiro atoms. The molecule has 0 aliphatic heterocycles. The molecule has 1 fully saturated rings. The van der Waals surface area contributed by atoms with Crippen molar-refractivity contribution >= 4 is 12.4 Å². The molecule has 2 atom stereocenters. The fourth-order valence-corrected chi connectivity index (χ4v) is 2.18. The summed E-state index contributed by atoms with van der Waals surface area (Å²) in [6, 6.07) is 19.6. The Morgan fingerprint density at radius 1 is 0.882 bits per heavy atom. The van der Waals surface area contributed by atoms with Crippen molar-refractivity contribution in [1.82, 2.24) is 0 Å². The van der Waals surface area contributed by atoms with Crippen LogP contribution >= 0.6 is 12.4 Å². The normalized spacial score (nSPS) is 21.7. The molecule has 0 heterocycles. The number of nitrogens with two attached hydrogens (primary N) is 1. The largest absolute Gasteiger partial charge is 0.327 e. The van der Waals surface area contributed by atoms with Crippen LogP contribution in [0.1, 0.15) is 17.9 Å². The minimum absolute atomic E-state index is 0. The summed E-state index contributed by atoms with van der Waals surface area (Å²) in [5, 5.41) is 0. The van der Waals surface area contributed by atoms with E-state index in [-0.39, 0.29) is 12.4 Å². The van der Waals surface area contributed by atoms with Gasteiger partial charge in [-0.2, -0.15) is 0 Å². The van der Waals surface area contributed by atoms with E-state index in [1.807, 2.05) is 6.07 Å². The van der Waals surface area contributed by atoms with Gasteiger partial charge in [0.25, 0.3) is 0 Å². The standard InChI is InChI=1S/C15H15N.ClH/c16-15-10-14(15)13-8-4-7-12(9-13)11-5-2-1-3-6-11;/h1-9,14-15H,10,16H2;1H/t14-,15+;/m0./s1. The Hall–Kier alpha value is -1.31. The van der Waals surface area contributed by atoms with Gasteiger partial charge in [0.15, 0.2) is 0 Å². The van der Waals surface area contributed by atoms with Gasteiger partial charge in [-0.1, -0.05) is 54.6 Å². The first-order chi connectivity index (χ1) is 7.84. The fourth-order valence-electron chi connectivity index (χ4n) is 2.18. The van der Waals surface area contributed by atoms with Crippen LogP contribution in [0.2, 0.25) is 0 Å². The Morgan fingerprint density at radius 3 is 2.18 bits per heavy atom. The van der Waals surface area contributed by atoms with E-state index in [4.69, 9.17) is 5.73 Å². The summed E-state index contributed by atoms with van der Waals surface area (Å²) in [5.41, 5.74) is 9.84. The van der Waals surface area contributed by atoms with Crippen molar-refractivity contribution in [2.24, 2.45) is 5.73 Å². The van der Waals surface area contributed by atoms with E-state index >= 15 is 0 Å². The van der Waals surface area contributed by atoms with Gasteiger partial charge >= 0.3 is 0 Å². The second-order valence-corrected chi connectivity index (χ2v) is 4.50. The van der Waals surface area contributed by atoms with Gasteiger partial charge in [0.1, 0.15) is 0 Å². The van der Waals surface area contributed by atoms with Crippen LogP contribution < -0.4 is 5.73 Å². The van der Waals surface area contributed by atoms with E-state index in [0.29, 0.717) is 12.0 Å². The van der Waals surface area contributed by atoms with Gasteiger partial charge in [0, 0.05) is 12.0 Å². The molecule has 0 bridgehead atoms. The monoisotopic (exact) mass is 245 g/mol. The van der Waals surface area contributed by atoms with Gasteiger partial charge in [-0.15, -0.1) is 12.4 Å². The van der Waals surface area contributed by atoms with Gasteiger partial charge in [0.2, 0.25) is 0 Å². The maximum atomic E-state index is 5.89. The van der Waals surface area contributed by atoms with Crippen LogP contribution in [-0.2, 0) is 0 Å². The summed E-state index contributed by atoms with van der Waals surface area (Å²) in [7, 11) is 0. The molecule has 88 valence electrons. The Kier molecular flexibility index (Phi) is 3.51. The fraction of sp³-hybridized carbons (Fsp3) is 0.200. The lowest BCUT2D eigenvalue weighted by atomic mass is 10.0. The third-order valence-electron chi connectivity index (χ3n) is 3.26. The summed E-state index contributed by atoms with van der Waals surface area (Å²) < 4.78 is 0. The minimum Gasteiger partial charge on any atom is -0.327 e. The Bertz CT molecular complexity index is 495. The molecule has 2 heteroatoms. The molecular weight excluding hydrogens is 230 g/mol. The zero-order valence-electron chi connectivity index (χ0n) is 9.54. The van der Waals surface area contributed by atoms with Gasteiger partial charge in [-0.3, -0.25) is 0 Å². The van der Waals surface area contributed by atoms with E-state index < -0.39 is 0 Å². The molecule has 0 saturated heterocycles. The van der Waals surface area contributed by atoms with Gasteiger partial charge in [-0.05, 0) is 23.1 Å². The van der Waals surface area contributed by atoms with E-state index in [1.54, 1.807) is 0 Å². The lowest BCUT2D eigenvalue weighted by Crippen LogP contribution is -2.00.